The Labute approximate surface area is 92.1 Å². The lowest BCUT2D eigenvalue weighted by Crippen LogP contribution is -2.32. The second-order valence-electron chi connectivity index (χ2n) is 4.40. The molecule has 0 unspecified atom stereocenters. The topological polar surface area (TPSA) is 47.1 Å². The summed E-state index contributed by atoms with van der Waals surface area (Å²) in [5.74, 6) is 0.667. The molecule has 86 valence electrons. The van der Waals surface area contributed by atoms with Gasteiger partial charge >= 0.3 is 0 Å². The van der Waals surface area contributed by atoms with E-state index in [1.165, 1.54) is 0 Å². The number of rotatable bonds is 6. The van der Waals surface area contributed by atoms with Crippen molar-refractivity contribution in [1.82, 2.24) is 14.7 Å². The molecule has 0 fully saturated rings. The molecule has 0 saturated carbocycles. The van der Waals surface area contributed by atoms with E-state index < -0.39 is 0 Å². The van der Waals surface area contributed by atoms with E-state index in [9.17, 15) is 0 Å². The lowest BCUT2D eigenvalue weighted by Gasteiger charge is -2.22. The third-order valence-corrected chi connectivity index (χ3v) is 2.22. The van der Waals surface area contributed by atoms with Crippen molar-refractivity contribution < 1.29 is 0 Å². The molecule has 0 saturated heterocycles. The molecule has 15 heavy (non-hydrogen) atoms. The molecule has 2 N–H and O–H groups in total. The fourth-order valence-corrected chi connectivity index (χ4v) is 1.71. The smallest absolute Gasteiger partial charge is 0.0764 e. The molecule has 0 amide bonds. The summed E-state index contributed by atoms with van der Waals surface area (Å²) in [5, 5.41) is 4.37. The van der Waals surface area contributed by atoms with Crippen LogP contribution in [0.3, 0.4) is 0 Å². The maximum atomic E-state index is 5.60. The zero-order chi connectivity index (χ0) is 11.3. The molecule has 4 heteroatoms. The van der Waals surface area contributed by atoms with Crippen molar-refractivity contribution in [3.63, 3.8) is 0 Å². The Bertz CT molecular complexity index is 280. The summed E-state index contributed by atoms with van der Waals surface area (Å²) in [5.41, 5.74) is 6.71. The number of aryl methyl sites for hydroxylation is 1. The minimum Gasteiger partial charge on any atom is -0.329 e. The largest absolute Gasteiger partial charge is 0.329 e. The highest BCUT2D eigenvalue weighted by Crippen LogP contribution is 2.04. The molecule has 0 bridgehead atoms. The molecule has 1 aromatic rings. The van der Waals surface area contributed by atoms with Crippen molar-refractivity contribution in [3.8, 4) is 0 Å². The van der Waals surface area contributed by atoms with E-state index in [1.54, 1.807) is 0 Å². The summed E-state index contributed by atoms with van der Waals surface area (Å²) < 4.78 is 1.84. The Kier molecular flexibility index (Phi) is 4.78. The second kappa shape index (κ2) is 5.88. The van der Waals surface area contributed by atoms with E-state index >= 15 is 0 Å². The van der Waals surface area contributed by atoms with Crippen LogP contribution in [0.2, 0.25) is 0 Å². The lowest BCUT2D eigenvalue weighted by atomic mass is 10.2. The molecule has 0 radical (unpaired) electrons. The third-order valence-electron chi connectivity index (χ3n) is 2.22. The number of nitrogens with zero attached hydrogens (tertiary/aromatic N) is 3. The van der Waals surface area contributed by atoms with E-state index in [0.29, 0.717) is 12.5 Å². The zero-order valence-corrected chi connectivity index (χ0v) is 9.98. The molecular formula is C11H22N4. The quantitative estimate of drug-likeness (QED) is 0.757. The van der Waals surface area contributed by atoms with Gasteiger partial charge in [-0.3, -0.25) is 9.58 Å². The first-order chi connectivity index (χ1) is 7.11. The number of hydrogen-bond donors (Lipinski definition) is 1. The van der Waals surface area contributed by atoms with Crippen LogP contribution in [0, 0.1) is 5.92 Å². The van der Waals surface area contributed by atoms with Gasteiger partial charge in [0.15, 0.2) is 0 Å². The number of hydrogen-bond acceptors (Lipinski definition) is 3. The normalized spacial score (nSPS) is 11.6. The predicted molar refractivity (Wildman–Crippen MR) is 62.4 cm³/mol. The summed E-state index contributed by atoms with van der Waals surface area (Å²) in [6, 6.07) is 2.06. The Balaban J connectivity index is 2.50. The van der Waals surface area contributed by atoms with Gasteiger partial charge in [-0.25, -0.2) is 0 Å². The van der Waals surface area contributed by atoms with E-state index in [4.69, 9.17) is 5.73 Å². The highest BCUT2D eigenvalue weighted by atomic mass is 15.3. The fourth-order valence-electron chi connectivity index (χ4n) is 1.71. The first kappa shape index (κ1) is 12.2. The van der Waals surface area contributed by atoms with Gasteiger partial charge in [0, 0.05) is 39.4 Å². The molecule has 4 nitrogen and oxygen atoms in total. The van der Waals surface area contributed by atoms with Crippen LogP contribution in [-0.2, 0) is 13.6 Å². The monoisotopic (exact) mass is 210 g/mol. The minimum atomic E-state index is 0.667. The SMILES string of the molecule is CC(C)CN(CCN)Cc1ccn(C)n1. The van der Waals surface area contributed by atoms with Gasteiger partial charge in [-0.2, -0.15) is 5.10 Å². The average molecular weight is 210 g/mol. The summed E-state index contributed by atoms with van der Waals surface area (Å²) in [7, 11) is 1.94. The Morgan fingerprint density at radius 3 is 2.73 bits per heavy atom. The van der Waals surface area contributed by atoms with E-state index in [-0.39, 0.29) is 0 Å². The molecule has 0 aliphatic carbocycles. The van der Waals surface area contributed by atoms with Crippen molar-refractivity contribution in [2.75, 3.05) is 19.6 Å². The molecule has 0 aliphatic heterocycles. The highest BCUT2D eigenvalue weighted by molar-refractivity contribution is 4.98. The maximum absolute atomic E-state index is 5.60. The van der Waals surface area contributed by atoms with Gasteiger partial charge in [0.05, 0.1) is 5.69 Å². The maximum Gasteiger partial charge on any atom is 0.0764 e. The number of nitrogens with two attached hydrogens (primary N) is 1. The third kappa shape index (κ3) is 4.44. The van der Waals surface area contributed by atoms with Crippen molar-refractivity contribution in [3.05, 3.63) is 18.0 Å². The van der Waals surface area contributed by atoms with E-state index in [0.717, 1.165) is 25.3 Å². The average Bonchev–Trinajstić information content (AvgIpc) is 2.50. The van der Waals surface area contributed by atoms with Crippen LogP contribution in [0.5, 0.6) is 0 Å². The van der Waals surface area contributed by atoms with Crippen LogP contribution in [0.15, 0.2) is 12.3 Å². The molecule has 1 aromatic heterocycles. The Morgan fingerprint density at radius 2 is 2.27 bits per heavy atom. The molecule has 0 aliphatic rings. The summed E-state index contributed by atoms with van der Waals surface area (Å²) in [4.78, 5) is 2.35. The summed E-state index contributed by atoms with van der Waals surface area (Å²) in [6.45, 7) is 8.07. The van der Waals surface area contributed by atoms with Gasteiger partial charge in [-0.1, -0.05) is 13.8 Å². The molecule has 1 heterocycles. The van der Waals surface area contributed by atoms with Crippen LogP contribution < -0.4 is 5.73 Å². The molecular weight excluding hydrogens is 188 g/mol. The van der Waals surface area contributed by atoms with Gasteiger partial charge in [0.2, 0.25) is 0 Å². The summed E-state index contributed by atoms with van der Waals surface area (Å²) >= 11 is 0. The van der Waals surface area contributed by atoms with E-state index in [1.807, 2.05) is 17.9 Å². The molecule has 1 rings (SSSR count). The van der Waals surface area contributed by atoms with Gasteiger partial charge in [0.1, 0.15) is 0 Å². The predicted octanol–water partition coefficient (Wildman–Crippen LogP) is 0.837. The van der Waals surface area contributed by atoms with Gasteiger partial charge < -0.3 is 5.73 Å². The van der Waals surface area contributed by atoms with Crippen LogP contribution in [0.25, 0.3) is 0 Å². The Morgan fingerprint density at radius 1 is 1.53 bits per heavy atom. The van der Waals surface area contributed by atoms with Gasteiger partial charge in [0.25, 0.3) is 0 Å². The van der Waals surface area contributed by atoms with Crippen molar-refractivity contribution in [1.29, 1.82) is 0 Å². The van der Waals surface area contributed by atoms with Gasteiger partial charge in [-0.05, 0) is 12.0 Å². The van der Waals surface area contributed by atoms with Gasteiger partial charge in [-0.15, -0.1) is 0 Å². The molecule has 0 atom stereocenters. The van der Waals surface area contributed by atoms with Crippen LogP contribution in [0.1, 0.15) is 19.5 Å². The zero-order valence-electron chi connectivity index (χ0n) is 9.98. The van der Waals surface area contributed by atoms with Crippen LogP contribution >= 0.6 is 0 Å². The van der Waals surface area contributed by atoms with Crippen LogP contribution in [-0.4, -0.2) is 34.3 Å². The summed E-state index contributed by atoms with van der Waals surface area (Å²) in [6.07, 6.45) is 1.98. The lowest BCUT2D eigenvalue weighted by molar-refractivity contribution is 0.239. The minimum absolute atomic E-state index is 0.667. The first-order valence-corrected chi connectivity index (χ1v) is 5.52. The molecule has 0 aromatic carbocycles. The molecule has 0 spiro atoms. The van der Waals surface area contributed by atoms with Crippen molar-refractivity contribution in [2.24, 2.45) is 18.7 Å². The van der Waals surface area contributed by atoms with Crippen LogP contribution in [0.4, 0.5) is 0 Å². The van der Waals surface area contributed by atoms with Crippen molar-refractivity contribution >= 4 is 0 Å². The standard InChI is InChI=1S/C11H22N4/c1-10(2)8-15(7-5-12)9-11-4-6-14(3)13-11/h4,6,10H,5,7-9,12H2,1-3H3. The Hall–Kier alpha value is -0.870. The number of aromatic nitrogens is 2. The second-order valence-corrected chi connectivity index (χ2v) is 4.40. The highest BCUT2D eigenvalue weighted by Gasteiger charge is 2.08. The fraction of sp³-hybridized carbons (Fsp3) is 0.727. The van der Waals surface area contributed by atoms with Crippen molar-refractivity contribution in [2.45, 2.75) is 20.4 Å². The van der Waals surface area contributed by atoms with E-state index in [2.05, 4.69) is 29.9 Å². The first-order valence-electron chi connectivity index (χ1n) is 5.52.